The van der Waals surface area contributed by atoms with E-state index < -0.39 is 0 Å². The largest absolute Gasteiger partial charge is 0.508 e. The first-order chi connectivity index (χ1) is 10.7. The summed E-state index contributed by atoms with van der Waals surface area (Å²) in [7, 11) is 0. The van der Waals surface area contributed by atoms with Crippen LogP contribution in [0.4, 0.5) is 0 Å². The topological polar surface area (TPSA) is 60.7 Å². The van der Waals surface area contributed by atoms with Crippen molar-refractivity contribution in [1.82, 2.24) is 0 Å². The normalized spacial score (nSPS) is 25.0. The van der Waals surface area contributed by atoms with Crippen molar-refractivity contribution in [3.63, 3.8) is 0 Å². The van der Waals surface area contributed by atoms with E-state index in [0.29, 0.717) is 0 Å². The maximum absolute atomic E-state index is 10.2. The van der Waals surface area contributed by atoms with E-state index in [9.17, 15) is 15.3 Å². The van der Waals surface area contributed by atoms with Crippen LogP contribution in [0.3, 0.4) is 0 Å². The average Bonchev–Trinajstić information content (AvgIpc) is 2.56. The van der Waals surface area contributed by atoms with Gasteiger partial charge in [0.2, 0.25) is 0 Å². The van der Waals surface area contributed by atoms with Crippen LogP contribution < -0.4 is 0 Å². The molecule has 0 amide bonds. The lowest BCUT2D eigenvalue weighted by molar-refractivity contribution is 0.129. The van der Waals surface area contributed by atoms with E-state index in [1.165, 1.54) is 0 Å². The summed E-state index contributed by atoms with van der Waals surface area (Å²) in [4.78, 5) is 0. The zero-order valence-corrected chi connectivity index (χ0v) is 12.6. The molecule has 22 heavy (non-hydrogen) atoms. The van der Waals surface area contributed by atoms with Gasteiger partial charge in [0.05, 0.1) is 6.61 Å². The van der Waals surface area contributed by atoms with Crippen LogP contribution in [-0.4, -0.2) is 21.9 Å². The van der Waals surface area contributed by atoms with E-state index in [1.807, 2.05) is 24.3 Å². The number of aliphatic hydroxyl groups excluding tert-OH is 1. The van der Waals surface area contributed by atoms with Gasteiger partial charge < -0.3 is 15.3 Å². The van der Waals surface area contributed by atoms with E-state index in [4.69, 9.17) is 0 Å². The zero-order chi connectivity index (χ0) is 15.6. The molecule has 2 aromatic carbocycles. The van der Waals surface area contributed by atoms with Crippen molar-refractivity contribution in [2.24, 2.45) is 0 Å². The van der Waals surface area contributed by atoms with Crippen LogP contribution in [0.1, 0.15) is 42.7 Å². The molecule has 0 saturated heterocycles. The standard InChI is InChI=1S/C19H22O3/c20-13-19(15-6-10-17(22)11-7-15)12-2-1-3-18(19)14-4-8-16(21)9-5-14/h4-11,18,20-22H,1-3,12-13H2. The minimum absolute atomic E-state index is 0.0866. The molecular formula is C19H22O3. The van der Waals surface area contributed by atoms with Crippen LogP contribution in [0, 0.1) is 0 Å². The Labute approximate surface area is 130 Å². The first kappa shape index (κ1) is 14.9. The zero-order valence-electron chi connectivity index (χ0n) is 12.6. The van der Waals surface area contributed by atoms with Crippen LogP contribution in [0.5, 0.6) is 11.5 Å². The van der Waals surface area contributed by atoms with Crippen LogP contribution in [0.2, 0.25) is 0 Å². The van der Waals surface area contributed by atoms with Gasteiger partial charge in [-0.2, -0.15) is 0 Å². The number of aromatic hydroxyl groups is 2. The summed E-state index contributed by atoms with van der Waals surface area (Å²) in [5.74, 6) is 0.726. The highest BCUT2D eigenvalue weighted by Crippen LogP contribution is 2.49. The van der Waals surface area contributed by atoms with Gasteiger partial charge in [0, 0.05) is 5.41 Å². The minimum Gasteiger partial charge on any atom is -0.508 e. The van der Waals surface area contributed by atoms with E-state index in [0.717, 1.165) is 36.8 Å². The SMILES string of the molecule is OCC1(c2ccc(O)cc2)CCCCC1c1ccc(O)cc1. The molecule has 3 N–H and O–H groups in total. The molecule has 0 aromatic heterocycles. The fourth-order valence-electron chi connectivity index (χ4n) is 3.85. The number of hydrogen-bond donors (Lipinski definition) is 3. The first-order valence-corrected chi connectivity index (χ1v) is 7.85. The Morgan fingerprint density at radius 2 is 1.45 bits per heavy atom. The number of benzene rings is 2. The van der Waals surface area contributed by atoms with Crippen molar-refractivity contribution < 1.29 is 15.3 Å². The number of phenolic OH excluding ortho intramolecular Hbond substituents is 2. The summed E-state index contributed by atoms with van der Waals surface area (Å²) in [5.41, 5.74) is 1.91. The molecule has 2 aromatic rings. The Kier molecular flexibility index (Phi) is 4.08. The van der Waals surface area contributed by atoms with Gasteiger partial charge in [-0.3, -0.25) is 0 Å². The fourth-order valence-corrected chi connectivity index (χ4v) is 3.85. The van der Waals surface area contributed by atoms with Gasteiger partial charge in [-0.25, -0.2) is 0 Å². The second-order valence-corrected chi connectivity index (χ2v) is 6.25. The molecular weight excluding hydrogens is 276 g/mol. The van der Waals surface area contributed by atoms with Crippen molar-refractivity contribution in [1.29, 1.82) is 0 Å². The number of aliphatic hydroxyl groups is 1. The van der Waals surface area contributed by atoms with Gasteiger partial charge in [-0.05, 0) is 54.2 Å². The smallest absolute Gasteiger partial charge is 0.115 e. The number of hydrogen-bond acceptors (Lipinski definition) is 3. The molecule has 0 aliphatic heterocycles. The van der Waals surface area contributed by atoms with Gasteiger partial charge >= 0.3 is 0 Å². The number of phenols is 2. The van der Waals surface area contributed by atoms with Crippen LogP contribution in [-0.2, 0) is 5.41 Å². The highest BCUT2D eigenvalue weighted by atomic mass is 16.3. The van der Waals surface area contributed by atoms with E-state index in [1.54, 1.807) is 24.3 Å². The Bertz CT molecular complexity index is 618. The Hall–Kier alpha value is -2.00. The summed E-state index contributed by atoms with van der Waals surface area (Å²) >= 11 is 0. The van der Waals surface area contributed by atoms with Crippen molar-refractivity contribution in [2.45, 2.75) is 37.0 Å². The maximum atomic E-state index is 10.2. The number of rotatable bonds is 3. The van der Waals surface area contributed by atoms with Crippen molar-refractivity contribution in [3.8, 4) is 11.5 Å². The van der Waals surface area contributed by atoms with Gasteiger partial charge in [0.1, 0.15) is 11.5 Å². The monoisotopic (exact) mass is 298 g/mol. The molecule has 1 fully saturated rings. The lowest BCUT2D eigenvalue weighted by atomic mass is 9.61. The Morgan fingerprint density at radius 3 is 2.05 bits per heavy atom. The van der Waals surface area contributed by atoms with Crippen molar-refractivity contribution in [3.05, 3.63) is 59.7 Å². The maximum Gasteiger partial charge on any atom is 0.115 e. The molecule has 1 saturated carbocycles. The van der Waals surface area contributed by atoms with E-state index >= 15 is 0 Å². The second kappa shape index (κ2) is 6.01. The lowest BCUT2D eigenvalue weighted by Crippen LogP contribution is -2.40. The summed E-state index contributed by atoms with van der Waals surface area (Å²) in [6.45, 7) is 0.0866. The Balaban J connectivity index is 2.05. The summed E-state index contributed by atoms with van der Waals surface area (Å²) < 4.78 is 0. The fraction of sp³-hybridized carbons (Fsp3) is 0.368. The molecule has 0 spiro atoms. The molecule has 3 nitrogen and oxygen atoms in total. The third kappa shape index (κ3) is 2.57. The molecule has 0 bridgehead atoms. The van der Waals surface area contributed by atoms with E-state index in [-0.39, 0.29) is 29.4 Å². The third-order valence-electron chi connectivity index (χ3n) is 5.05. The predicted molar refractivity (Wildman–Crippen MR) is 86.2 cm³/mol. The Morgan fingerprint density at radius 1 is 0.864 bits per heavy atom. The van der Waals surface area contributed by atoms with Crippen LogP contribution >= 0.6 is 0 Å². The minimum atomic E-state index is -0.317. The molecule has 1 aliphatic carbocycles. The van der Waals surface area contributed by atoms with Crippen LogP contribution in [0.25, 0.3) is 0 Å². The average molecular weight is 298 g/mol. The molecule has 3 heteroatoms. The van der Waals surface area contributed by atoms with Gasteiger partial charge in [-0.15, -0.1) is 0 Å². The highest BCUT2D eigenvalue weighted by Gasteiger charge is 2.42. The molecule has 0 radical (unpaired) electrons. The molecule has 0 heterocycles. The predicted octanol–water partition coefficient (Wildman–Crippen LogP) is 3.69. The molecule has 2 unspecified atom stereocenters. The third-order valence-corrected chi connectivity index (χ3v) is 5.05. The second-order valence-electron chi connectivity index (χ2n) is 6.25. The van der Waals surface area contributed by atoms with Crippen LogP contribution in [0.15, 0.2) is 48.5 Å². The quantitative estimate of drug-likeness (QED) is 0.810. The van der Waals surface area contributed by atoms with Gasteiger partial charge in [0.15, 0.2) is 0 Å². The highest BCUT2D eigenvalue weighted by molar-refractivity contribution is 5.39. The lowest BCUT2D eigenvalue weighted by Gasteiger charge is -2.44. The molecule has 116 valence electrons. The summed E-state index contributed by atoms with van der Waals surface area (Å²) in [6, 6.07) is 14.6. The molecule has 3 rings (SSSR count). The van der Waals surface area contributed by atoms with Crippen molar-refractivity contribution in [2.75, 3.05) is 6.61 Å². The van der Waals surface area contributed by atoms with Gasteiger partial charge in [-0.1, -0.05) is 37.1 Å². The molecule has 2 atom stereocenters. The van der Waals surface area contributed by atoms with E-state index in [2.05, 4.69) is 0 Å². The van der Waals surface area contributed by atoms with Gasteiger partial charge in [0.25, 0.3) is 0 Å². The molecule has 1 aliphatic rings. The first-order valence-electron chi connectivity index (χ1n) is 7.85. The summed E-state index contributed by atoms with van der Waals surface area (Å²) in [6.07, 6.45) is 4.19. The summed E-state index contributed by atoms with van der Waals surface area (Å²) in [5, 5.41) is 29.3. The van der Waals surface area contributed by atoms with Crippen molar-refractivity contribution >= 4 is 0 Å².